The number of carbonyl (C=O) groups excluding carboxylic acids is 4. The van der Waals surface area contributed by atoms with Crippen molar-refractivity contribution in [2.24, 2.45) is 28.6 Å². The van der Waals surface area contributed by atoms with E-state index in [9.17, 15) is 29.4 Å². The molecule has 0 aromatic heterocycles. The molecule has 1 aromatic carbocycles. The molecule has 9 nitrogen and oxygen atoms in total. The van der Waals surface area contributed by atoms with E-state index in [2.05, 4.69) is 12.2 Å². The first kappa shape index (κ1) is 30.4. The zero-order valence-electron chi connectivity index (χ0n) is 24.8. The zero-order valence-corrected chi connectivity index (χ0v) is 24.8. The number of aliphatic hydroxyl groups excluding tert-OH is 1. The fourth-order valence-electron chi connectivity index (χ4n) is 8.74. The lowest BCUT2D eigenvalue weighted by atomic mass is 9.45. The first-order chi connectivity index (χ1) is 19.9. The number of fused-ring (bicyclic) bond motifs is 5. The van der Waals surface area contributed by atoms with E-state index in [1.54, 1.807) is 25.3 Å². The van der Waals surface area contributed by atoms with Crippen LogP contribution in [-0.4, -0.2) is 59.1 Å². The maximum absolute atomic E-state index is 13.4. The number of ketones is 2. The van der Waals surface area contributed by atoms with Gasteiger partial charge in [-0.3, -0.25) is 19.2 Å². The Balaban J connectivity index is 1.15. The van der Waals surface area contributed by atoms with Gasteiger partial charge in [-0.15, -0.1) is 0 Å². The summed E-state index contributed by atoms with van der Waals surface area (Å²) >= 11 is 0. The minimum Gasteiger partial charge on any atom is -0.497 e. The van der Waals surface area contributed by atoms with Gasteiger partial charge in [-0.25, -0.2) is 0 Å². The van der Waals surface area contributed by atoms with Crippen LogP contribution in [0.15, 0.2) is 35.9 Å². The van der Waals surface area contributed by atoms with Crippen molar-refractivity contribution in [1.29, 1.82) is 0 Å². The van der Waals surface area contributed by atoms with Crippen molar-refractivity contribution in [1.82, 2.24) is 5.32 Å². The molecule has 0 heterocycles. The molecule has 4 aliphatic carbocycles. The molecule has 3 N–H and O–H groups in total. The molecule has 5 rings (SSSR count). The summed E-state index contributed by atoms with van der Waals surface area (Å²) in [5.41, 5.74) is -0.784. The number of aliphatic hydroxyl groups is 2. The Bertz CT molecular complexity index is 1270. The summed E-state index contributed by atoms with van der Waals surface area (Å²) in [6, 6.07) is 7.27. The molecule has 0 saturated heterocycles. The molecule has 9 heteroatoms. The van der Waals surface area contributed by atoms with Crippen molar-refractivity contribution in [3.05, 3.63) is 41.5 Å². The lowest BCUT2D eigenvalue weighted by Gasteiger charge is -2.60. The highest BCUT2D eigenvalue weighted by Crippen LogP contribution is 2.67. The molecule has 42 heavy (non-hydrogen) atoms. The number of carbonyl (C=O) groups is 4. The minimum absolute atomic E-state index is 0.0187. The molecule has 7 atom stereocenters. The van der Waals surface area contributed by atoms with Crippen LogP contribution in [0.2, 0.25) is 0 Å². The van der Waals surface area contributed by atoms with Gasteiger partial charge in [0.05, 0.1) is 19.6 Å². The standard InChI is InChI=1S/C33H43NO8/c1-31-14-12-22(35)16-21(31)6-9-24-25-13-15-33(40,32(25,2)17-26(36)30(24)31)27(37)19-42-29(39)11-10-28(38)34-18-20-4-7-23(41-3)8-5-20/h4-5,7-8,16,24-26,30,36,40H,6,9-15,17-19H2,1-3H3,(H,34,38)/t24-,25+,26+,30-,31-,32+,33-/m0/s1. The van der Waals surface area contributed by atoms with E-state index in [-0.39, 0.29) is 60.5 Å². The van der Waals surface area contributed by atoms with Crippen LogP contribution in [0.1, 0.15) is 77.2 Å². The lowest BCUT2D eigenvalue weighted by Crippen LogP contribution is -2.62. The van der Waals surface area contributed by atoms with Crippen molar-refractivity contribution in [3.8, 4) is 5.75 Å². The molecule has 0 radical (unpaired) electrons. The van der Waals surface area contributed by atoms with E-state index in [1.165, 1.54) is 0 Å². The van der Waals surface area contributed by atoms with E-state index in [4.69, 9.17) is 9.47 Å². The highest BCUT2D eigenvalue weighted by molar-refractivity contribution is 5.92. The average Bonchev–Trinajstić information content (AvgIpc) is 3.24. The molecule has 0 aliphatic heterocycles. The Hall–Kier alpha value is -3.04. The molecule has 3 saturated carbocycles. The van der Waals surface area contributed by atoms with Crippen LogP contribution in [0.5, 0.6) is 5.75 Å². The molecular formula is C33H43NO8. The Labute approximate surface area is 247 Å². The van der Waals surface area contributed by atoms with Crippen molar-refractivity contribution in [3.63, 3.8) is 0 Å². The number of methoxy groups -OCH3 is 1. The molecule has 3 fully saturated rings. The van der Waals surface area contributed by atoms with Gasteiger partial charge < -0.3 is 25.0 Å². The van der Waals surface area contributed by atoms with Gasteiger partial charge in [0.2, 0.25) is 11.7 Å². The number of benzene rings is 1. The third kappa shape index (κ3) is 5.30. The van der Waals surface area contributed by atoms with Gasteiger partial charge in [0.25, 0.3) is 0 Å². The molecule has 0 unspecified atom stereocenters. The predicted molar refractivity (Wildman–Crippen MR) is 153 cm³/mol. The number of hydrogen-bond acceptors (Lipinski definition) is 8. The summed E-state index contributed by atoms with van der Waals surface area (Å²) in [6.45, 7) is 3.81. The van der Waals surface area contributed by atoms with E-state index in [0.29, 0.717) is 19.4 Å². The van der Waals surface area contributed by atoms with Crippen LogP contribution in [0, 0.1) is 28.6 Å². The van der Waals surface area contributed by atoms with Gasteiger partial charge in [0.15, 0.2) is 12.4 Å². The topological polar surface area (TPSA) is 139 Å². The van der Waals surface area contributed by atoms with Crippen LogP contribution in [-0.2, 0) is 30.5 Å². The SMILES string of the molecule is COc1ccc(CNC(=O)CCC(=O)OCC(=O)[C@@]2(O)CC[C@@H]3[C@@H]4CCC5=CC(=O)CC[C@]5(C)[C@@H]4[C@H](O)C[C@]32C)cc1. The molecule has 0 bridgehead atoms. The molecule has 1 amide bonds. The summed E-state index contributed by atoms with van der Waals surface area (Å²) < 4.78 is 10.3. The van der Waals surface area contributed by atoms with Gasteiger partial charge >= 0.3 is 5.97 Å². The number of nitrogens with one attached hydrogen (secondary N) is 1. The molecule has 4 aliphatic rings. The Morgan fingerprint density at radius 2 is 1.79 bits per heavy atom. The molecule has 1 aromatic rings. The number of amides is 1. The van der Waals surface area contributed by atoms with Crippen molar-refractivity contribution in [2.75, 3.05) is 13.7 Å². The van der Waals surface area contributed by atoms with Gasteiger partial charge in [-0.2, -0.15) is 0 Å². The largest absolute Gasteiger partial charge is 0.497 e. The number of Topliss-reactive ketones (excluding diaryl/α,β-unsaturated/α-hetero) is 1. The summed E-state index contributed by atoms with van der Waals surface area (Å²) in [5, 5.41) is 26.1. The summed E-state index contributed by atoms with van der Waals surface area (Å²) in [7, 11) is 1.58. The highest BCUT2D eigenvalue weighted by atomic mass is 16.5. The Morgan fingerprint density at radius 1 is 1.05 bits per heavy atom. The fourth-order valence-corrected chi connectivity index (χ4v) is 8.74. The van der Waals surface area contributed by atoms with Crippen LogP contribution in [0.3, 0.4) is 0 Å². The van der Waals surface area contributed by atoms with E-state index < -0.39 is 35.5 Å². The lowest BCUT2D eigenvalue weighted by molar-refractivity contribution is -0.184. The quantitative estimate of drug-likeness (QED) is 0.377. The predicted octanol–water partition coefficient (Wildman–Crippen LogP) is 3.44. The minimum atomic E-state index is -1.71. The van der Waals surface area contributed by atoms with E-state index >= 15 is 0 Å². The monoisotopic (exact) mass is 581 g/mol. The smallest absolute Gasteiger partial charge is 0.306 e. The van der Waals surface area contributed by atoms with Gasteiger partial charge in [0.1, 0.15) is 11.4 Å². The maximum atomic E-state index is 13.4. The summed E-state index contributed by atoms with van der Waals surface area (Å²) in [4.78, 5) is 50.1. The van der Waals surface area contributed by atoms with Crippen molar-refractivity contribution in [2.45, 2.75) is 89.9 Å². The van der Waals surface area contributed by atoms with Crippen LogP contribution in [0.4, 0.5) is 0 Å². The highest BCUT2D eigenvalue weighted by Gasteiger charge is 2.68. The van der Waals surface area contributed by atoms with Gasteiger partial charge in [-0.05, 0) is 85.5 Å². The van der Waals surface area contributed by atoms with Crippen LogP contribution >= 0.6 is 0 Å². The third-order valence-corrected chi connectivity index (χ3v) is 11.1. The Kier molecular flexibility index (Phi) is 8.38. The molecule has 0 spiro atoms. The average molecular weight is 582 g/mol. The van der Waals surface area contributed by atoms with Gasteiger partial charge in [0, 0.05) is 24.8 Å². The first-order valence-electron chi connectivity index (χ1n) is 15.1. The first-order valence-corrected chi connectivity index (χ1v) is 15.1. The fraction of sp³-hybridized carbons (Fsp3) is 0.636. The number of rotatable bonds is 9. The van der Waals surface area contributed by atoms with Crippen molar-refractivity contribution < 1.29 is 38.9 Å². The number of allylic oxidation sites excluding steroid dienone is 1. The number of ether oxygens (including phenoxy) is 2. The van der Waals surface area contributed by atoms with Crippen LogP contribution < -0.4 is 10.1 Å². The molecular weight excluding hydrogens is 538 g/mol. The maximum Gasteiger partial charge on any atom is 0.306 e. The zero-order chi connectivity index (χ0) is 30.3. The second-order valence-corrected chi connectivity index (χ2v) is 13.2. The number of esters is 1. The second-order valence-electron chi connectivity index (χ2n) is 13.2. The van der Waals surface area contributed by atoms with E-state index in [0.717, 1.165) is 36.1 Å². The van der Waals surface area contributed by atoms with Crippen LogP contribution in [0.25, 0.3) is 0 Å². The van der Waals surface area contributed by atoms with Gasteiger partial charge in [-0.1, -0.05) is 31.6 Å². The normalized spacial score (nSPS) is 35.3. The second kappa shape index (κ2) is 11.6. The molecule has 228 valence electrons. The number of hydrogen-bond donors (Lipinski definition) is 3. The summed E-state index contributed by atoms with van der Waals surface area (Å²) in [6.07, 6.45) is 4.81. The summed E-state index contributed by atoms with van der Waals surface area (Å²) in [5.74, 6) is -0.518. The van der Waals surface area contributed by atoms with E-state index in [1.807, 2.05) is 19.1 Å². The third-order valence-electron chi connectivity index (χ3n) is 11.1. The Morgan fingerprint density at radius 3 is 2.50 bits per heavy atom. The van der Waals surface area contributed by atoms with Crippen molar-refractivity contribution >= 4 is 23.4 Å².